The maximum atomic E-state index is 2.53. The predicted molar refractivity (Wildman–Crippen MR) is 102 cm³/mol. The van der Waals surface area contributed by atoms with Crippen molar-refractivity contribution in [3.05, 3.63) is 65.7 Å². The number of nitrogens with zero attached hydrogens (tertiary/aromatic N) is 1. The van der Waals surface area contributed by atoms with Crippen molar-refractivity contribution in [2.45, 2.75) is 22.6 Å². The van der Waals surface area contributed by atoms with Gasteiger partial charge in [-0.25, -0.2) is 0 Å². The number of benzene rings is 2. The highest BCUT2D eigenvalue weighted by Gasteiger charge is 2.22. The minimum Gasteiger partial charge on any atom is -0.306 e. The lowest BCUT2D eigenvalue weighted by molar-refractivity contribution is 0.238. The largest absolute Gasteiger partial charge is 0.306 e. The van der Waals surface area contributed by atoms with Crippen molar-refractivity contribution in [1.82, 2.24) is 4.90 Å². The predicted octanol–water partition coefficient (Wildman–Crippen LogP) is 5.35. The Morgan fingerprint density at radius 2 is 1.61 bits per heavy atom. The molecule has 2 heterocycles. The second-order valence-corrected chi connectivity index (χ2v) is 7.42. The quantitative estimate of drug-likeness (QED) is 0.586. The zero-order valence-corrected chi connectivity index (χ0v) is 15.0. The molecular weight excluding hydrogens is 322 g/mol. The lowest BCUT2D eigenvalue weighted by Gasteiger charge is -2.29. The average Bonchev–Trinajstić information content (AvgIpc) is 2.55. The molecule has 120 valence electrons. The van der Waals surface area contributed by atoms with Gasteiger partial charge in [-0.05, 0) is 61.2 Å². The molecule has 0 spiro atoms. The summed E-state index contributed by atoms with van der Waals surface area (Å²) in [5.74, 6) is 0.665. The first-order chi connectivity index (χ1) is 10.8. The van der Waals surface area contributed by atoms with Crippen LogP contribution in [0, 0.1) is 5.92 Å². The molecule has 0 bridgehead atoms. The average molecular weight is 344 g/mol. The van der Waals surface area contributed by atoms with Crippen LogP contribution in [0.5, 0.6) is 0 Å². The van der Waals surface area contributed by atoms with Crippen LogP contribution in [0.1, 0.15) is 24.0 Å². The molecule has 4 rings (SSSR count). The Labute approximate surface area is 149 Å². The van der Waals surface area contributed by atoms with Crippen molar-refractivity contribution in [2.75, 3.05) is 20.1 Å². The minimum absolute atomic E-state index is 0. The summed E-state index contributed by atoms with van der Waals surface area (Å²) in [6, 6.07) is 17.7. The Morgan fingerprint density at radius 3 is 2.22 bits per heavy atom. The number of fused-ring (bicyclic) bond motifs is 2. The highest BCUT2D eigenvalue weighted by molar-refractivity contribution is 7.99. The molecule has 0 aliphatic carbocycles. The maximum absolute atomic E-state index is 2.53. The maximum Gasteiger partial charge on any atom is 0.0201 e. The summed E-state index contributed by atoms with van der Waals surface area (Å²) in [5, 5.41) is 0. The van der Waals surface area contributed by atoms with E-state index >= 15 is 0 Å². The second-order valence-electron chi connectivity index (χ2n) is 6.34. The highest BCUT2D eigenvalue weighted by Crippen LogP contribution is 2.45. The number of piperidine rings is 1. The molecule has 2 aromatic carbocycles. The third-order valence-corrected chi connectivity index (χ3v) is 5.79. The highest BCUT2D eigenvalue weighted by atomic mass is 35.5. The van der Waals surface area contributed by atoms with Gasteiger partial charge in [-0.2, -0.15) is 0 Å². The molecule has 1 nitrogen and oxygen atoms in total. The van der Waals surface area contributed by atoms with Crippen LogP contribution in [0.3, 0.4) is 0 Å². The van der Waals surface area contributed by atoms with Crippen molar-refractivity contribution >= 4 is 29.7 Å². The fourth-order valence-corrected chi connectivity index (χ4v) is 4.68. The van der Waals surface area contributed by atoms with Gasteiger partial charge < -0.3 is 4.90 Å². The summed E-state index contributed by atoms with van der Waals surface area (Å²) in [6.07, 6.45) is 5.15. The van der Waals surface area contributed by atoms with E-state index in [9.17, 15) is 0 Å². The van der Waals surface area contributed by atoms with Gasteiger partial charge in [-0.15, -0.1) is 12.4 Å². The van der Waals surface area contributed by atoms with Crippen LogP contribution >= 0.6 is 24.2 Å². The Balaban J connectivity index is 0.00000156. The first kappa shape index (κ1) is 16.6. The van der Waals surface area contributed by atoms with E-state index in [0.29, 0.717) is 5.92 Å². The van der Waals surface area contributed by atoms with Gasteiger partial charge in [0.2, 0.25) is 0 Å². The van der Waals surface area contributed by atoms with E-state index in [1.165, 1.54) is 52.4 Å². The minimum atomic E-state index is 0. The zero-order valence-electron chi connectivity index (χ0n) is 13.4. The fourth-order valence-electron chi connectivity index (χ4n) is 3.58. The number of rotatable bonds is 1. The molecule has 1 fully saturated rings. The van der Waals surface area contributed by atoms with Gasteiger partial charge in [0.1, 0.15) is 0 Å². The molecule has 0 radical (unpaired) electrons. The van der Waals surface area contributed by atoms with Gasteiger partial charge in [0.05, 0.1) is 0 Å². The van der Waals surface area contributed by atoms with Crippen LogP contribution < -0.4 is 0 Å². The number of halogens is 1. The van der Waals surface area contributed by atoms with Crippen LogP contribution in [0.4, 0.5) is 0 Å². The van der Waals surface area contributed by atoms with E-state index < -0.39 is 0 Å². The van der Waals surface area contributed by atoms with E-state index in [1.807, 2.05) is 11.8 Å². The molecular formula is C20H22ClNS. The molecule has 1 saturated heterocycles. The Morgan fingerprint density at radius 1 is 1.00 bits per heavy atom. The molecule has 1 unspecified atom stereocenters. The fraction of sp³-hybridized carbons (Fsp3) is 0.300. The van der Waals surface area contributed by atoms with Gasteiger partial charge in [-0.1, -0.05) is 54.2 Å². The summed E-state index contributed by atoms with van der Waals surface area (Å²) in [4.78, 5) is 5.23. The van der Waals surface area contributed by atoms with E-state index in [0.717, 1.165) is 0 Å². The molecule has 2 aromatic rings. The molecule has 0 aromatic heterocycles. The van der Waals surface area contributed by atoms with Crippen LogP contribution in [-0.4, -0.2) is 25.0 Å². The topological polar surface area (TPSA) is 3.24 Å². The molecule has 1 atom stereocenters. The van der Waals surface area contributed by atoms with Crippen LogP contribution in [0.25, 0.3) is 5.57 Å². The van der Waals surface area contributed by atoms with Crippen molar-refractivity contribution < 1.29 is 0 Å². The van der Waals surface area contributed by atoms with Gasteiger partial charge in [0.15, 0.2) is 0 Å². The van der Waals surface area contributed by atoms with Crippen LogP contribution in [0.15, 0.2) is 64.4 Å². The molecule has 23 heavy (non-hydrogen) atoms. The molecule has 0 saturated carbocycles. The summed E-state index contributed by atoms with van der Waals surface area (Å²) in [6.45, 7) is 2.42. The van der Waals surface area contributed by atoms with Crippen LogP contribution in [-0.2, 0) is 0 Å². The van der Waals surface area contributed by atoms with Gasteiger partial charge in [-0.3, -0.25) is 0 Å². The third-order valence-electron chi connectivity index (χ3n) is 4.64. The Kier molecular flexibility index (Phi) is 5.15. The van der Waals surface area contributed by atoms with Gasteiger partial charge in [0, 0.05) is 16.3 Å². The molecule has 0 amide bonds. The standard InChI is InChI=1S/C20H21NS.ClH/c1-21-12-6-7-15(14-21)13-18-16-8-2-4-10-19(16)22-20-11-5-3-9-17(18)20;/h2-5,8-11,13,15H,6-7,12,14H2,1H3;1H. The van der Waals surface area contributed by atoms with E-state index in [1.54, 1.807) is 0 Å². The second kappa shape index (κ2) is 7.12. The molecule has 2 aliphatic heterocycles. The monoisotopic (exact) mass is 343 g/mol. The van der Waals surface area contributed by atoms with Crippen molar-refractivity contribution in [2.24, 2.45) is 5.92 Å². The summed E-state index contributed by atoms with van der Waals surface area (Å²) in [5.41, 5.74) is 4.24. The summed E-state index contributed by atoms with van der Waals surface area (Å²) in [7, 11) is 2.24. The van der Waals surface area contributed by atoms with Crippen molar-refractivity contribution in [1.29, 1.82) is 0 Å². The van der Waals surface area contributed by atoms with Crippen LogP contribution in [0.2, 0.25) is 0 Å². The van der Waals surface area contributed by atoms with Crippen molar-refractivity contribution in [3.63, 3.8) is 0 Å². The van der Waals surface area contributed by atoms with Gasteiger partial charge >= 0.3 is 0 Å². The number of hydrogen-bond acceptors (Lipinski definition) is 2. The number of likely N-dealkylation sites (tertiary alicyclic amines) is 1. The molecule has 3 heteroatoms. The first-order valence-electron chi connectivity index (χ1n) is 8.08. The first-order valence-corrected chi connectivity index (χ1v) is 8.90. The zero-order chi connectivity index (χ0) is 14.9. The van der Waals surface area contributed by atoms with E-state index in [4.69, 9.17) is 0 Å². The van der Waals surface area contributed by atoms with Gasteiger partial charge in [0.25, 0.3) is 0 Å². The molecule has 2 aliphatic rings. The smallest absolute Gasteiger partial charge is 0.0201 e. The summed E-state index contributed by atoms with van der Waals surface area (Å²) < 4.78 is 0. The van der Waals surface area contributed by atoms with E-state index in [-0.39, 0.29) is 12.4 Å². The van der Waals surface area contributed by atoms with Crippen molar-refractivity contribution in [3.8, 4) is 0 Å². The third kappa shape index (κ3) is 3.35. The van der Waals surface area contributed by atoms with E-state index in [2.05, 4.69) is 66.6 Å². The Hall–Kier alpha value is -1.22. The lowest BCUT2D eigenvalue weighted by atomic mass is 9.90. The lowest BCUT2D eigenvalue weighted by Crippen LogP contribution is -2.31. The Bertz CT molecular complexity index is 678. The normalized spacial score (nSPS) is 20.2. The number of hydrogen-bond donors (Lipinski definition) is 0. The summed E-state index contributed by atoms with van der Waals surface area (Å²) >= 11 is 1.90. The SMILES string of the molecule is CN1CCCC(C=C2c3ccccc3Sc3ccccc32)C1.Cl. The molecule has 0 N–H and O–H groups in total.